The SMILES string of the molecule is CCc1ccc(OCC(O)CNCC(C)(C)CC)cc1. The smallest absolute Gasteiger partial charge is 0.119 e. The molecular weight excluding hydrogens is 250 g/mol. The number of aliphatic hydroxyl groups excluding tert-OH is 1. The minimum Gasteiger partial charge on any atom is -0.491 e. The molecule has 20 heavy (non-hydrogen) atoms. The van der Waals surface area contributed by atoms with Gasteiger partial charge in [0.05, 0.1) is 0 Å². The molecule has 0 radical (unpaired) electrons. The summed E-state index contributed by atoms with van der Waals surface area (Å²) in [7, 11) is 0. The molecule has 0 bridgehead atoms. The quantitative estimate of drug-likeness (QED) is 0.730. The Labute approximate surface area is 123 Å². The van der Waals surface area contributed by atoms with Gasteiger partial charge < -0.3 is 15.2 Å². The predicted octanol–water partition coefficient (Wildman–Crippen LogP) is 3.01. The van der Waals surface area contributed by atoms with Crippen molar-refractivity contribution in [2.24, 2.45) is 5.41 Å². The van der Waals surface area contributed by atoms with Gasteiger partial charge in [0, 0.05) is 13.1 Å². The Balaban J connectivity index is 2.23. The lowest BCUT2D eigenvalue weighted by atomic mass is 9.90. The summed E-state index contributed by atoms with van der Waals surface area (Å²) in [5.74, 6) is 0.815. The van der Waals surface area contributed by atoms with Gasteiger partial charge in [0.15, 0.2) is 0 Å². The minimum absolute atomic E-state index is 0.274. The fourth-order valence-electron chi connectivity index (χ4n) is 1.77. The van der Waals surface area contributed by atoms with E-state index in [9.17, 15) is 5.11 Å². The first-order valence-corrected chi connectivity index (χ1v) is 7.57. The third-order valence-electron chi connectivity index (χ3n) is 3.71. The zero-order chi connectivity index (χ0) is 15.0. The van der Waals surface area contributed by atoms with Crippen molar-refractivity contribution < 1.29 is 9.84 Å². The standard InChI is InChI=1S/C17H29NO2/c1-5-14-7-9-16(10-8-14)20-12-15(19)11-18-13-17(3,4)6-2/h7-10,15,18-19H,5-6,11-13H2,1-4H3. The van der Waals surface area contributed by atoms with Gasteiger partial charge in [0.2, 0.25) is 0 Å². The van der Waals surface area contributed by atoms with Crippen molar-refractivity contribution in [2.75, 3.05) is 19.7 Å². The second-order valence-corrected chi connectivity index (χ2v) is 6.11. The molecule has 0 heterocycles. The highest BCUT2D eigenvalue weighted by molar-refractivity contribution is 5.27. The molecule has 114 valence electrons. The monoisotopic (exact) mass is 279 g/mol. The molecule has 0 spiro atoms. The highest BCUT2D eigenvalue weighted by Crippen LogP contribution is 2.17. The number of aryl methyl sites for hydroxylation is 1. The van der Waals surface area contributed by atoms with Gasteiger partial charge in [-0.2, -0.15) is 0 Å². The summed E-state index contributed by atoms with van der Waals surface area (Å²) in [5.41, 5.74) is 1.57. The summed E-state index contributed by atoms with van der Waals surface area (Å²) < 4.78 is 5.59. The number of aliphatic hydroxyl groups is 1. The number of nitrogens with one attached hydrogen (secondary N) is 1. The van der Waals surface area contributed by atoms with Gasteiger partial charge in [-0.15, -0.1) is 0 Å². The summed E-state index contributed by atoms with van der Waals surface area (Å²) in [6.07, 6.45) is 1.67. The van der Waals surface area contributed by atoms with Crippen LogP contribution in [0, 0.1) is 5.41 Å². The average molecular weight is 279 g/mol. The Morgan fingerprint density at radius 1 is 1.20 bits per heavy atom. The van der Waals surface area contributed by atoms with Crippen LogP contribution in [-0.2, 0) is 6.42 Å². The Kier molecular flexibility index (Phi) is 7.03. The summed E-state index contributed by atoms with van der Waals surface area (Å²) in [4.78, 5) is 0. The van der Waals surface area contributed by atoms with E-state index in [1.165, 1.54) is 5.56 Å². The zero-order valence-electron chi connectivity index (χ0n) is 13.3. The van der Waals surface area contributed by atoms with Crippen LogP contribution in [0.4, 0.5) is 0 Å². The largest absolute Gasteiger partial charge is 0.491 e. The Morgan fingerprint density at radius 3 is 2.40 bits per heavy atom. The van der Waals surface area contributed by atoms with Crippen molar-refractivity contribution in [1.29, 1.82) is 0 Å². The second-order valence-electron chi connectivity index (χ2n) is 6.11. The Morgan fingerprint density at radius 2 is 1.85 bits per heavy atom. The molecule has 0 fully saturated rings. The van der Waals surface area contributed by atoms with Crippen LogP contribution < -0.4 is 10.1 Å². The summed E-state index contributed by atoms with van der Waals surface area (Å²) >= 11 is 0. The van der Waals surface area contributed by atoms with E-state index in [4.69, 9.17) is 4.74 Å². The second kappa shape index (κ2) is 8.28. The molecule has 0 amide bonds. The molecule has 1 unspecified atom stereocenters. The number of hydrogen-bond donors (Lipinski definition) is 2. The molecule has 1 rings (SSSR count). The lowest BCUT2D eigenvalue weighted by Gasteiger charge is -2.24. The van der Waals surface area contributed by atoms with Crippen molar-refractivity contribution in [1.82, 2.24) is 5.32 Å². The van der Waals surface area contributed by atoms with Crippen molar-refractivity contribution in [3.05, 3.63) is 29.8 Å². The van der Waals surface area contributed by atoms with Gasteiger partial charge in [0.1, 0.15) is 18.5 Å². The zero-order valence-corrected chi connectivity index (χ0v) is 13.3. The van der Waals surface area contributed by atoms with E-state index in [-0.39, 0.29) is 5.41 Å². The minimum atomic E-state index is -0.478. The van der Waals surface area contributed by atoms with E-state index >= 15 is 0 Å². The fourth-order valence-corrected chi connectivity index (χ4v) is 1.77. The van der Waals surface area contributed by atoms with Gasteiger partial charge in [-0.3, -0.25) is 0 Å². The van der Waals surface area contributed by atoms with Crippen LogP contribution in [0.2, 0.25) is 0 Å². The molecule has 0 aromatic heterocycles. The van der Waals surface area contributed by atoms with E-state index in [1.807, 2.05) is 12.1 Å². The first-order valence-electron chi connectivity index (χ1n) is 7.57. The van der Waals surface area contributed by atoms with Crippen molar-refractivity contribution in [2.45, 2.75) is 46.6 Å². The molecular formula is C17H29NO2. The Bertz CT molecular complexity index is 373. The number of rotatable bonds is 9. The van der Waals surface area contributed by atoms with E-state index in [1.54, 1.807) is 0 Å². The molecule has 0 saturated carbocycles. The molecule has 0 aliphatic carbocycles. The van der Waals surface area contributed by atoms with Gasteiger partial charge in [-0.1, -0.05) is 39.8 Å². The molecule has 2 N–H and O–H groups in total. The number of ether oxygens (including phenoxy) is 1. The summed E-state index contributed by atoms with van der Waals surface area (Å²) in [5, 5.41) is 13.2. The van der Waals surface area contributed by atoms with Crippen LogP contribution in [-0.4, -0.2) is 30.9 Å². The lowest BCUT2D eigenvalue weighted by Crippen LogP contribution is -2.36. The first kappa shape index (κ1) is 17.0. The predicted molar refractivity (Wildman–Crippen MR) is 84.3 cm³/mol. The highest BCUT2D eigenvalue weighted by Gasteiger charge is 2.15. The molecule has 0 saturated heterocycles. The molecule has 0 aliphatic rings. The Hall–Kier alpha value is -1.06. The van der Waals surface area contributed by atoms with Crippen LogP contribution in [0.3, 0.4) is 0 Å². The van der Waals surface area contributed by atoms with Crippen molar-refractivity contribution in [3.63, 3.8) is 0 Å². The molecule has 3 nitrogen and oxygen atoms in total. The average Bonchev–Trinajstić information content (AvgIpc) is 2.45. The topological polar surface area (TPSA) is 41.5 Å². The maximum Gasteiger partial charge on any atom is 0.119 e. The maximum absolute atomic E-state index is 9.89. The van der Waals surface area contributed by atoms with Gasteiger partial charge in [0.25, 0.3) is 0 Å². The number of benzene rings is 1. The van der Waals surface area contributed by atoms with Gasteiger partial charge in [-0.25, -0.2) is 0 Å². The van der Waals surface area contributed by atoms with Crippen LogP contribution in [0.5, 0.6) is 5.75 Å². The normalized spacial score (nSPS) is 13.2. The molecule has 1 aromatic rings. The van der Waals surface area contributed by atoms with Crippen LogP contribution in [0.1, 0.15) is 39.7 Å². The third kappa shape index (κ3) is 6.40. The summed E-state index contributed by atoms with van der Waals surface area (Å²) in [6, 6.07) is 8.03. The van der Waals surface area contributed by atoms with Crippen LogP contribution in [0.25, 0.3) is 0 Å². The fraction of sp³-hybridized carbons (Fsp3) is 0.647. The molecule has 1 aromatic carbocycles. The van der Waals surface area contributed by atoms with E-state index in [0.29, 0.717) is 13.2 Å². The summed E-state index contributed by atoms with van der Waals surface area (Å²) in [6.45, 7) is 10.5. The molecule has 0 aliphatic heterocycles. The third-order valence-corrected chi connectivity index (χ3v) is 3.71. The van der Waals surface area contributed by atoms with Crippen molar-refractivity contribution >= 4 is 0 Å². The molecule has 1 atom stereocenters. The van der Waals surface area contributed by atoms with Gasteiger partial charge in [-0.05, 0) is 36.0 Å². The van der Waals surface area contributed by atoms with Gasteiger partial charge >= 0.3 is 0 Å². The first-order chi connectivity index (χ1) is 9.46. The molecule has 3 heteroatoms. The lowest BCUT2D eigenvalue weighted by molar-refractivity contribution is 0.103. The maximum atomic E-state index is 9.89. The van der Waals surface area contributed by atoms with E-state index < -0.39 is 6.10 Å². The van der Waals surface area contributed by atoms with E-state index in [0.717, 1.165) is 25.1 Å². The van der Waals surface area contributed by atoms with E-state index in [2.05, 4.69) is 45.1 Å². The van der Waals surface area contributed by atoms with Crippen LogP contribution in [0.15, 0.2) is 24.3 Å². The van der Waals surface area contributed by atoms with Crippen LogP contribution >= 0.6 is 0 Å². The highest BCUT2D eigenvalue weighted by atomic mass is 16.5. The van der Waals surface area contributed by atoms with Crippen molar-refractivity contribution in [3.8, 4) is 5.75 Å². The number of hydrogen-bond acceptors (Lipinski definition) is 3.